The summed E-state index contributed by atoms with van der Waals surface area (Å²) in [5, 5.41) is 2.20. The summed E-state index contributed by atoms with van der Waals surface area (Å²) in [6.45, 7) is 20.5. The van der Waals surface area contributed by atoms with E-state index in [2.05, 4.69) is 62.5 Å². The van der Waals surface area contributed by atoms with E-state index in [-0.39, 0.29) is 16.9 Å². The van der Waals surface area contributed by atoms with Crippen molar-refractivity contribution in [3.8, 4) is 0 Å². The molecular weight excluding hydrogens is 621 g/mol. The molecule has 46 heavy (non-hydrogen) atoms. The SMILES string of the molecule is CC(C)S(C(C)C)(C(C)C)n1ccc2ccc(S(=O)(=O)N[C@H]3CCN(c4ccc5c(c4)CCN(C(=O)OC(C)(C)C)C5)C3=O)cc21. The number of sulfonamides is 1. The predicted octanol–water partition coefficient (Wildman–Crippen LogP) is 6.81. The molecule has 1 aromatic heterocycles. The minimum Gasteiger partial charge on any atom is -0.444 e. The smallest absolute Gasteiger partial charge is 0.410 e. The van der Waals surface area contributed by atoms with Crippen LogP contribution in [0, 0.1) is 0 Å². The van der Waals surface area contributed by atoms with E-state index >= 15 is 0 Å². The molecular formula is C35H50N4O5S2. The zero-order valence-electron chi connectivity index (χ0n) is 28.7. The number of amides is 2. The highest BCUT2D eigenvalue weighted by molar-refractivity contribution is 8.33. The van der Waals surface area contributed by atoms with E-state index in [9.17, 15) is 18.0 Å². The Morgan fingerprint density at radius 2 is 1.59 bits per heavy atom. The van der Waals surface area contributed by atoms with Gasteiger partial charge in [-0.3, -0.25) is 4.79 Å². The zero-order chi connectivity index (χ0) is 33.8. The molecule has 0 unspecified atom stereocenters. The highest BCUT2D eigenvalue weighted by atomic mass is 32.3. The first-order chi connectivity index (χ1) is 21.5. The quantitative estimate of drug-likeness (QED) is 0.284. The number of benzene rings is 2. The minimum atomic E-state index is -3.97. The van der Waals surface area contributed by atoms with E-state index in [0.717, 1.165) is 27.7 Å². The van der Waals surface area contributed by atoms with Crippen molar-refractivity contribution in [1.82, 2.24) is 13.6 Å². The summed E-state index contributed by atoms with van der Waals surface area (Å²) < 4.78 is 38.1. The van der Waals surface area contributed by atoms with Crippen LogP contribution < -0.4 is 9.62 Å². The number of carbonyl (C=O) groups is 2. The van der Waals surface area contributed by atoms with Crippen LogP contribution in [0.25, 0.3) is 10.9 Å². The van der Waals surface area contributed by atoms with Gasteiger partial charge in [0.15, 0.2) is 0 Å². The summed E-state index contributed by atoms with van der Waals surface area (Å²) in [5.41, 5.74) is 3.18. The Kier molecular flexibility index (Phi) is 9.36. The Balaban J connectivity index is 1.34. The van der Waals surface area contributed by atoms with Crippen LogP contribution in [-0.4, -0.2) is 69.8 Å². The van der Waals surface area contributed by atoms with Crippen LogP contribution in [-0.2, 0) is 32.5 Å². The van der Waals surface area contributed by atoms with E-state index in [4.69, 9.17) is 4.74 Å². The Bertz CT molecular complexity index is 1720. The number of anilines is 1. The van der Waals surface area contributed by atoms with Gasteiger partial charge >= 0.3 is 6.09 Å². The van der Waals surface area contributed by atoms with Gasteiger partial charge in [0, 0.05) is 52.7 Å². The van der Waals surface area contributed by atoms with Gasteiger partial charge in [0.05, 0.1) is 10.4 Å². The first-order valence-corrected chi connectivity index (χ1v) is 19.6. The monoisotopic (exact) mass is 670 g/mol. The molecule has 1 atom stereocenters. The van der Waals surface area contributed by atoms with Crippen LogP contribution in [0.4, 0.5) is 10.5 Å². The van der Waals surface area contributed by atoms with Gasteiger partial charge in [0.1, 0.15) is 11.6 Å². The van der Waals surface area contributed by atoms with Crippen LogP contribution in [0.15, 0.2) is 53.6 Å². The number of nitrogens with one attached hydrogen (secondary N) is 1. The second-order valence-corrected chi connectivity index (χ2v) is 20.7. The number of nitrogens with zero attached hydrogens (tertiary/aromatic N) is 3. The summed E-state index contributed by atoms with van der Waals surface area (Å²) in [7, 11) is -5.31. The maximum atomic E-state index is 13.7. The molecule has 2 aliphatic rings. The van der Waals surface area contributed by atoms with Gasteiger partial charge in [-0.15, -0.1) is 0 Å². The van der Waals surface area contributed by atoms with E-state index in [1.54, 1.807) is 21.9 Å². The van der Waals surface area contributed by atoms with Crippen molar-refractivity contribution in [2.45, 2.75) is 114 Å². The molecule has 0 spiro atoms. The number of carbonyl (C=O) groups excluding carboxylic acids is 2. The zero-order valence-corrected chi connectivity index (χ0v) is 30.3. The normalized spacial score (nSPS) is 18.3. The van der Waals surface area contributed by atoms with Gasteiger partial charge in [0.25, 0.3) is 0 Å². The molecule has 0 saturated carbocycles. The van der Waals surface area contributed by atoms with Crippen LogP contribution in [0.5, 0.6) is 0 Å². The number of fused-ring (bicyclic) bond motifs is 2. The Hall–Kier alpha value is -3.02. The van der Waals surface area contributed by atoms with Gasteiger partial charge < -0.3 is 18.5 Å². The number of hydrogen-bond donors (Lipinski definition) is 1. The second kappa shape index (κ2) is 12.5. The summed E-state index contributed by atoms with van der Waals surface area (Å²) in [6, 6.07) is 12.3. The third-order valence-corrected chi connectivity index (χ3v) is 16.2. The minimum absolute atomic E-state index is 0.166. The summed E-state index contributed by atoms with van der Waals surface area (Å²) in [6.07, 6.45) is 2.81. The molecule has 9 nitrogen and oxygen atoms in total. The van der Waals surface area contributed by atoms with Gasteiger partial charge in [-0.1, -0.05) is 53.7 Å². The van der Waals surface area contributed by atoms with Crippen molar-refractivity contribution in [2.75, 3.05) is 18.0 Å². The third kappa shape index (κ3) is 6.30. The van der Waals surface area contributed by atoms with Gasteiger partial charge in [-0.05, 0) is 75.1 Å². The van der Waals surface area contributed by atoms with Gasteiger partial charge in [-0.25, -0.2) is 13.2 Å². The lowest BCUT2D eigenvalue weighted by Crippen LogP contribution is -2.41. The number of hydrogen-bond acceptors (Lipinski definition) is 5. The second-order valence-electron chi connectivity index (χ2n) is 14.3. The van der Waals surface area contributed by atoms with Gasteiger partial charge in [0.2, 0.25) is 15.9 Å². The fraction of sp³-hybridized carbons (Fsp3) is 0.543. The van der Waals surface area contributed by atoms with E-state index in [1.807, 2.05) is 45.0 Å². The first kappa shape index (κ1) is 34.3. The molecule has 2 aliphatic heterocycles. The lowest BCUT2D eigenvalue weighted by atomic mass is 9.99. The summed E-state index contributed by atoms with van der Waals surface area (Å²) >= 11 is 0. The molecule has 252 valence electrons. The molecule has 1 fully saturated rings. The van der Waals surface area contributed by atoms with Crippen LogP contribution >= 0.6 is 10.2 Å². The maximum absolute atomic E-state index is 13.7. The van der Waals surface area contributed by atoms with Crippen LogP contribution in [0.2, 0.25) is 0 Å². The van der Waals surface area contributed by atoms with Crippen molar-refractivity contribution in [2.24, 2.45) is 0 Å². The summed E-state index contributed by atoms with van der Waals surface area (Å²) in [5.74, 6) is -0.262. The topological polar surface area (TPSA) is 101 Å². The lowest BCUT2D eigenvalue weighted by molar-refractivity contribution is -0.118. The van der Waals surface area contributed by atoms with E-state index in [0.29, 0.717) is 48.2 Å². The molecule has 1 saturated heterocycles. The Labute approximate surface area is 276 Å². The molecule has 5 rings (SSSR count). The average molecular weight is 671 g/mol. The van der Waals surface area contributed by atoms with E-state index < -0.39 is 31.9 Å². The molecule has 11 heteroatoms. The maximum Gasteiger partial charge on any atom is 0.410 e. The molecule has 1 N–H and O–H groups in total. The standard InChI is InChI=1S/C35H50N4O5S2/c1-23(2)45(24(3)4,25(5)6)39-19-15-26-11-13-30(21-32(26)39)46(42,43)36-31-16-18-38(33(31)40)29-12-10-28-22-37(17-14-27(28)20-29)34(41)44-35(7,8)9/h10-13,15,19-21,23-25,31,36H,14,16-18,22H2,1-9H3/t31-/m0/s1. The molecule has 2 aromatic carbocycles. The largest absolute Gasteiger partial charge is 0.444 e. The molecule has 0 radical (unpaired) electrons. The fourth-order valence-corrected chi connectivity index (χ4v) is 14.0. The molecule has 0 bridgehead atoms. The van der Waals surface area contributed by atoms with Crippen LogP contribution in [0.3, 0.4) is 0 Å². The molecule has 3 heterocycles. The Morgan fingerprint density at radius 1 is 0.913 bits per heavy atom. The number of rotatable bonds is 8. The molecule has 3 aromatic rings. The summed E-state index contributed by atoms with van der Waals surface area (Å²) in [4.78, 5) is 29.7. The highest BCUT2D eigenvalue weighted by Gasteiger charge is 2.39. The third-order valence-electron chi connectivity index (χ3n) is 9.21. The van der Waals surface area contributed by atoms with Gasteiger partial charge in [-0.2, -0.15) is 14.9 Å². The Morgan fingerprint density at radius 3 is 2.22 bits per heavy atom. The highest BCUT2D eigenvalue weighted by Crippen LogP contribution is 2.62. The van der Waals surface area contributed by atoms with Crippen molar-refractivity contribution >= 4 is 48.8 Å². The fourth-order valence-electron chi connectivity index (χ4n) is 7.33. The first-order valence-electron chi connectivity index (χ1n) is 16.3. The predicted molar refractivity (Wildman–Crippen MR) is 188 cm³/mol. The van der Waals surface area contributed by atoms with Crippen molar-refractivity contribution in [3.05, 3.63) is 59.8 Å². The van der Waals surface area contributed by atoms with E-state index in [1.165, 1.54) is 0 Å². The van der Waals surface area contributed by atoms with Crippen LogP contribution in [0.1, 0.15) is 79.9 Å². The number of aromatic nitrogens is 1. The van der Waals surface area contributed by atoms with Crippen molar-refractivity contribution in [3.63, 3.8) is 0 Å². The molecule has 0 aliphatic carbocycles. The van der Waals surface area contributed by atoms with Crippen molar-refractivity contribution in [1.29, 1.82) is 0 Å². The number of ether oxygens (including phenoxy) is 1. The van der Waals surface area contributed by atoms with Crippen molar-refractivity contribution < 1.29 is 22.7 Å². The molecule has 2 amide bonds. The average Bonchev–Trinajstić information content (AvgIpc) is 3.54. The lowest BCUT2D eigenvalue weighted by Gasteiger charge is -2.52.